The maximum Gasteiger partial charge on any atom is 0.391 e. The Balaban J connectivity index is 1.29. The zero-order valence-electron chi connectivity index (χ0n) is 24.6. The van der Waals surface area contributed by atoms with Crippen LogP contribution < -0.4 is 10.9 Å². The molecule has 3 saturated carbocycles. The molecular weight excluding hydrogens is 527 g/mol. The number of pyridine rings is 2. The van der Waals surface area contributed by atoms with Crippen molar-refractivity contribution in [3.05, 3.63) is 46.0 Å². The third-order valence-electron chi connectivity index (χ3n) is 10.2. The summed E-state index contributed by atoms with van der Waals surface area (Å²) in [6.45, 7) is 4.45. The largest absolute Gasteiger partial charge is 0.391 e. The minimum absolute atomic E-state index is 0.0379. The fourth-order valence-corrected chi connectivity index (χ4v) is 7.41. The van der Waals surface area contributed by atoms with E-state index in [1.807, 2.05) is 18.3 Å². The number of nitrogens with zero attached hydrogens (tertiary/aromatic N) is 2. The number of carbonyl (C=O) groups excluding carboxylic acids is 1. The van der Waals surface area contributed by atoms with Crippen LogP contribution in [0, 0.1) is 29.6 Å². The number of nitrogens with one attached hydrogen (secondary N) is 1. The van der Waals surface area contributed by atoms with Crippen LogP contribution in [0.15, 0.2) is 29.2 Å². The van der Waals surface area contributed by atoms with Gasteiger partial charge in [0.2, 0.25) is 5.91 Å². The lowest BCUT2D eigenvalue weighted by Crippen LogP contribution is -2.45. The number of hydrogen-bond acceptors (Lipinski definition) is 3. The van der Waals surface area contributed by atoms with Crippen molar-refractivity contribution in [2.24, 2.45) is 36.6 Å². The van der Waals surface area contributed by atoms with Gasteiger partial charge in [0, 0.05) is 36.2 Å². The Labute approximate surface area is 241 Å². The number of allylic oxidation sites excluding steroid dienone is 1. The minimum atomic E-state index is -4.25. The minimum Gasteiger partial charge on any atom is -0.353 e. The molecule has 3 aliphatic carbocycles. The molecule has 0 saturated heterocycles. The fourth-order valence-electron chi connectivity index (χ4n) is 7.41. The van der Waals surface area contributed by atoms with E-state index < -0.39 is 18.0 Å². The predicted molar refractivity (Wildman–Crippen MR) is 156 cm³/mol. The predicted octanol–water partition coefficient (Wildman–Crippen LogP) is 7.53. The molecule has 1 N–H and O–H groups in total. The molecule has 3 fully saturated rings. The summed E-state index contributed by atoms with van der Waals surface area (Å²) in [6, 6.07) is 3.79. The summed E-state index contributed by atoms with van der Waals surface area (Å²) >= 11 is 0. The first-order valence-electron chi connectivity index (χ1n) is 15.5. The zero-order chi connectivity index (χ0) is 29.3. The number of fused-ring (bicyclic) bond motifs is 1. The average Bonchev–Trinajstić information content (AvgIpc) is 2.95. The Morgan fingerprint density at radius 3 is 2.51 bits per heavy atom. The van der Waals surface area contributed by atoms with E-state index in [2.05, 4.69) is 36.3 Å². The topological polar surface area (TPSA) is 64.0 Å². The molecule has 1 amide bonds. The second-order valence-corrected chi connectivity index (χ2v) is 13.2. The molecule has 41 heavy (non-hydrogen) atoms. The summed E-state index contributed by atoms with van der Waals surface area (Å²) in [5.74, 6) is -0.657. The average molecular weight is 572 g/mol. The first kappa shape index (κ1) is 29.8. The van der Waals surface area contributed by atoms with Gasteiger partial charge in [-0.2, -0.15) is 13.2 Å². The van der Waals surface area contributed by atoms with Crippen LogP contribution >= 0.6 is 0 Å². The zero-order valence-corrected chi connectivity index (χ0v) is 24.6. The number of carbonyl (C=O) groups is 1. The Hall–Kier alpha value is -2.64. The first-order valence-corrected chi connectivity index (χ1v) is 15.5. The quantitative estimate of drug-likeness (QED) is 0.404. The van der Waals surface area contributed by atoms with Crippen LogP contribution in [0.2, 0.25) is 0 Å². The van der Waals surface area contributed by atoms with E-state index in [0.29, 0.717) is 25.2 Å². The second-order valence-electron chi connectivity index (χ2n) is 13.2. The van der Waals surface area contributed by atoms with Gasteiger partial charge in [0.15, 0.2) is 0 Å². The van der Waals surface area contributed by atoms with Gasteiger partial charge in [0.25, 0.3) is 5.56 Å². The molecule has 3 aliphatic rings. The molecule has 0 bridgehead atoms. The van der Waals surface area contributed by atoms with Gasteiger partial charge in [-0.15, -0.1) is 0 Å². The maximum atomic E-state index is 13.6. The van der Waals surface area contributed by atoms with Crippen molar-refractivity contribution in [1.29, 1.82) is 0 Å². The van der Waals surface area contributed by atoms with E-state index in [1.165, 1.54) is 25.7 Å². The molecule has 224 valence electrons. The number of alkyl halides is 3. The second kappa shape index (κ2) is 12.3. The lowest BCUT2D eigenvalue weighted by molar-refractivity contribution is -0.186. The molecule has 0 aromatic carbocycles. The van der Waals surface area contributed by atoms with Gasteiger partial charge in [0.1, 0.15) is 0 Å². The van der Waals surface area contributed by atoms with Gasteiger partial charge >= 0.3 is 6.18 Å². The number of halogens is 3. The number of amides is 1. The lowest BCUT2D eigenvalue weighted by Gasteiger charge is -2.36. The molecule has 2 heterocycles. The highest BCUT2D eigenvalue weighted by atomic mass is 19.4. The lowest BCUT2D eigenvalue weighted by atomic mass is 9.74. The Morgan fingerprint density at radius 1 is 1.02 bits per heavy atom. The highest BCUT2D eigenvalue weighted by molar-refractivity contribution is 5.81. The Bertz CT molecular complexity index is 1330. The van der Waals surface area contributed by atoms with E-state index >= 15 is 0 Å². The number of aromatic nitrogens is 2. The van der Waals surface area contributed by atoms with Crippen molar-refractivity contribution >= 4 is 22.9 Å². The summed E-state index contributed by atoms with van der Waals surface area (Å²) in [7, 11) is 1.80. The van der Waals surface area contributed by atoms with E-state index in [4.69, 9.17) is 0 Å². The van der Waals surface area contributed by atoms with Crippen molar-refractivity contribution in [1.82, 2.24) is 14.9 Å². The smallest absolute Gasteiger partial charge is 0.353 e. The van der Waals surface area contributed by atoms with Gasteiger partial charge in [-0.3, -0.25) is 14.6 Å². The third kappa shape index (κ3) is 6.89. The maximum absolute atomic E-state index is 13.6. The van der Waals surface area contributed by atoms with Gasteiger partial charge < -0.3 is 9.88 Å². The standard InChI is InChI=1S/C33H44F3N3O2/c1-20-7-10-22(11-8-20)12-14-26-18-30-24(19-37-26)16-29(32(41)39(30)3)28-17-27(13-9-21(28)2)38-31(40)23-5-4-6-25(15-23)33(34,35)36/h12,14,16,18-23,25,27-28H,4-11,13,15,17H2,1-3H3,(H,38,40)/b14-12+. The third-order valence-corrected chi connectivity index (χ3v) is 10.2. The Kier molecular flexibility index (Phi) is 8.95. The molecule has 5 atom stereocenters. The van der Waals surface area contributed by atoms with Crippen LogP contribution in [0.4, 0.5) is 13.2 Å². The van der Waals surface area contributed by atoms with E-state index in [9.17, 15) is 22.8 Å². The molecule has 2 aromatic heterocycles. The highest BCUT2D eigenvalue weighted by Gasteiger charge is 2.44. The molecule has 2 aromatic rings. The molecule has 5 rings (SSSR count). The van der Waals surface area contributed by atoms with Crippen LogP contribution in [0.25, 0.3) is 17.0 Å². The first-order chi connectivity index (χ1) is 19.5. The number of aryl methyl sites for hydroxylation is 1. The van der Waals surface area contributed by atoms with E-state index in [1.54, 1.807) is 11.6 Å². The van der Waals surface area contributed by atoms with Crippen molar-refractivity contribution in [2.75, 3.05) is 0 Å². The van der Waals surface area contributed by atoms with Crippen molar-refractivity contribution < 1.29 is 18.0 Å². The normalized spacial score (nSPS) is 31.4. The van der Waals surface area contributed by atoms with Crippen LogP contribution in [-0.2, 0) is 11.8 Å². The highest BCUT2D eigenvalue weighted by Crippen LogP contribution is 2.41. The van der Waals surface area contributed by atoms with E-state index in [-0.39, 0.29) is 42.2 Å². The van der Waals surface area contributed by atoms with Crippen LogP contribution in [0.1, 0.15) is 102 Å². The van der Waals surface area contributed by atoms with Crippen LogP contribution in [-0.4, -0.2) is 27.7 Å². The van der Waals surface area contributed by atoms with Crippen molar-refractivity contribution in [3.63, 3.8) is 0 Å². The number of rotatable bonds is 5. The molecule has 8 heteroatoms. The summed E-state index contributed by atoms with van der Waals surface area (Å²) in [5.41, 5.74) is 2.38. The summed E-state index contributed by atoms with van der Waals surface area (Å²) in [6.07, 6.45) is 10.0. The molecular formula is C33H44F3N3O2. The van der Waals surface area contributed by atoms with Crippen LogP contribution in [0.3, 0.4) is 0 Å². The van der Waals surface area contributed by atoms with Crippen molar-refractivity contribution in [2.45, 2.75) is 103 Å². The fraction of sp³-hybridized carbons (Fsp3) is 0.667. The van der Waals surface area contributed by atoms with Crippen LogP contribution in [0.5, 0.6) is 0 Å². The summed E-state index contributed by atoms with van der Waals surface area (Å²) < 4.78 is 41.5. The van der Waals surface area contributed by atoms with Gasteiger partial charge in [-0.1, -0.05) is 39.2 Å². The van der Waals surface area contributed by atoms with E-state index in [0.717, 1.165) is 40.9 Å². The monoisotopic (exact) mass is 571 g/mol. The van der Waals surface area contributed by atoms with Gasteiger partial charge in [0.05, 0.1) is 17.1 Å². The van der Waals surface area contributed by atoms with Gasteiger partial charge in [-0.25, -0.2) is 0 Å². The van der Waals surface area contributed by atoms with Crippen molar-refractivity contribution in [3.8, 4) is 0 Å². The molecule has 5 nitrogen and oxygen atoms in total. The summed E-state index contributed by atoms with van der Waals surface area (Å²) in [4.78, 5) is 31.3. The van der Waals surface area contributed by atoms with Gasteiger partial charge in [-0.05, 0) is 93.2 Å². The molecule has 0 radical (unpaired) electrons. The molecule has 0 spiro atoms. The molecule has 5 unspecified atom stereocenters. The molecule has 0 aliphatic heterocycles. The summed E-state index contributed by atoms with van der Waals surface area (Å²) in [5, 5.41) is 3.97. The number of hydrogen-bond donors (Lipinski definition) is 1. The Morgan fingerprint density at radius 2 is 1.78 bits per heavy atom. The SMILES string of the molecule is CC1CCC(/C=C/c2cc3c(cn2)cc(C2CC(NC(=O)C4CCCC(C(F)(F)F)C4)CCC2C)c(=O)n3C)CC1.